The van der Waals surface area contributed by atoms with Crippen LogP contribution >= 0.6 is 0 Å². The van der Waals surface area contributed by atoms with Crippen molar-refractivity contribution in [1.82, 2.24) is 0 Å². The molecule has 0 saturated carbocycles. The van der Waals surface area contributed by atoms with E-state index in [1.165, 1.54) is 180 Å². The first-order valence-corrected chi connectivity index (χ1v) is 21.4. The van der Waals surface area contributed by atoms with E-state index in [-0.39, 0.29) is 23.1 Å². The fraction of sp³-hybridized carbons (Fsp3) is 0.818. The van der Waals surface area contributed by atoms with Crippen molar-refractivity contribution in [2.45, 2.75) is 219 Å². The van der Waals surface area contributed by atoms with E-state index >= 15 is 0 Å². The number of hydrogen-bond acceptors (Lipinski definition) is 8. The molecule has 8 nitrogen and oxygen atoms in total. The predicted octanol–water partition coefficient (Wildman–Crippen LogP) is 9.81. The van der Waals surface area contributed by atoms with Crippen LogP contribution in [0.15, 0.2) is 24.3 Å². The number of carboxylic acids is 2. The minimum Gasteiger partial charge on any atom is -0.545 e. The zero-order valence-electron chi connectivity index (χ0n) is 34.3. The van der Waals surface area contributed by atoms with Gasteiger partial charge >= 0.3 is 35.0 Å². The van der Waals surface area contributed by atoms with E-state index in [0.29, 0.717) is 25.4 Å². The average Bonchev–Trinajstić information content (AvgIpc) is 3.12. The molecule has 9 heteroatoms. The number of unbranched alkanes of at least 4 members (excludes halogenated alkanes) is 30. The molecule has 53 heavy (non-hydrogen) atoms. The van der Waals surface area contributed by atoms with E-state index in [1.807, 2.05) is 0 Å². The number of esters is 2. The third kappa shape index (κ3) is 54.6. The molecule has 0 fully saturated rings. The maximum Gasteiger partial charge on any atom is 2.00 e. The molecular formula is C44H78MgO8. The topological polar surface area (TPSA) is 133 Å². The Morgan fingerprint density at radius 1 is 0.340 bits per heavy atom. The quantitative estimate of drug-likeness (QED) is 0.0263. The summed E-state index contributed by atoms with van der Waals surface area (Å²) in [6.07, 6.45) is 44.9. The van der Waals surface area contributed by atoms with Crippen molar-refractivity contribution in [2.75, 3.05) is 13.2 Å². The molecule has 0 aliphatic rings. The molecule has 0 aromatic carbocycles. The smallest absolute Gasteiger partial charge is 0.545 e. The zero-order chi connectivity index (χ0) is 38.6. The number of aliphatic carboxylic acids is 2. The molecule has 304 valence electrons. The second kappa shape index (κ2) is 48.1. The van der Waals surface area contributed by atoms with Crippen molar-refractivity contribution in [2.24, 2.45) is 0 Å². The number of rotatable bonds is 38. The van der Waals surface area contributed by atoms with Crippen LogP contribution in [0.1, 0.15) is 219 Å². The van der Waals surface area contributed by atoms with Crippen LogP contribution < -0.4 is 10.2 Å². The summed E-state index contributed by atoms with van der Waals surface area (Å²) < 4.78 is 9.79. The van der Waals surface area contributed by atoms with Gasteiger partial charge in [0.25, 0.3) is 0 Å². The third-order valence-electron chi connectivity index (χ3n) is 9.20. The fourth-order valence-electron chi connectivity index (χ4n) is 6.01. The molecule has 0 heterocycles. The van der Waals surface area contributed by atoms with Crippen LogP contribution in [0.5, 0.6) is 0 Å². The van der Waals surface area contributed by atoms with Gasteiger partial charge in [0, 0.05) is 12.2 Å². The molecule has 0 aliphatic carbocycles. The number of ether oxygens (including phenoxy) is 2. The summed E-state index contributed by atoms with van der Waals surface area (Å²) in [5.41, 5.74) is 0. The molecule has 0 unspecified atom stereocenters. The Balaban J connectivity index is -0.000000926. The maximum absolute atomic E-state index is 11.1. The van der Waals surface area contributed by atoms with Crippen molar-refractivity contribution >= 4 is 46.9 Å². The molecule has 0 spiro atoms. The Morgan fingerprint density at radius 3 is 0.717 bits per heavy atom. The second-order valence-electron chi connectivity index (χ2n) is 14.2. The van der Waals surface area contributed by atoms with Crippen LogP contribution in [-0.2, 0) is 28.7 Å². The predicted molar refractivity (Wildman–Crippen MR) is 215 cm³/mol. The molecule has 0 atom stereocenters. The Bertz CT molecular complexity index is 803. The molecular weight excluding hydrogens is 681 g/mol. The molecule has 0 bridgehead atoms. The Labute approximate surface area is 341 Å². The molecule has 0 N–H and O–H groups in total. The van der Waals surface area contributed by atoms with E-state index < -0.39 is 23.9 Å². The van der Waals surface area contributed by atoms with Crippen LogP contribution in [0, 0.1) is 0 Å². The largest absolute Gasteiger partial charge is 2.00 e. The van der Waals surface area contributed by atoms with Crippen molar-refractivity contribution in [3.63, 3.8) is 0 Å². The minimum absolute atomic E-state index is 0. The summed E-state index contributed by atoms with van der Waals surface area (Å²) in [6.45, 7) is 5.24. The first-order chi connectivity index (χ1) is 25.3. The van der Waals surface area contributed by atoms with Crippen molar-refractivity contribution in [3.05, 3.63) is 24.3 Å². The van der Waals surface area contributed by atoms with Gasteiger partial charge in [0.05, 0.1) is 25.2 Å². The van der Waals surface area contributed by atoms with Crippen LogP contribution in [0.2, 0.25) is 0 Å². The first-order valence-electron chi connectivity index (χ1n) is 21.4. The van der Waals surface area contributed by atoms with Crippen LogP contribution in [0.25, 0.3) is 0 Å². The van der Waals surface area contributed by atoms with Gasteiger partial charge in [-0.05, 0) is 25.0 Å². The van der Waals surface area contributed by atoms with Gasteiger partial charge in [-0.2, -0.15) is 0 Å². The molecule has 0 rings (SSSR count). The van der Waals surface area contributed by atoms with Gasteiger partial charge in [-0.1, -0.05) is 206 Å². The monoisotopic (exact) mass is 759 g/mol. The van der Waals surface area contributed by atoms with E-state index in [0.717, 1.165) is 37.8 Å². The van der Waals surface area contributed by atoms with Gasteiger partial charge in [-0.15, -0.1) is 0 Å². The number of carbonyl (C=O) groups excluding carboxylic acids is 4. The summed E-state index contributed by atoms with van der Waals surface area (Å²) >= 11 is 0. The van der Waals surface area contributed by atoms with Crippen LogP contribution in [-0.4, -0.2) is 60.1 Å². The minimum atomic E-state index is -1.38. The zero-order valence-corrected chi connectivity index (χ0v) is 35.7. The summed E-state index contributed by atoms with van der Waals surface area (Å²) in [7, 11) is 0. The van der Waals surface area contributed by atoms with Gasteiger partial charge in [0.1, 0.15) is 0 Å². The van der Waals surface area contributed by atoms with Crippen LogP contribution in [0.4, 0.5) is 0 Å². The summed E-state index contributed by atoms with van der Waals surface area (Å²) in [6, 6.07) is 0. The number of carboxylic acid groups (broad SMARTS) is 2. The maximum atomic E-state index is 11.1. The van der Waals surface area contributed by atoms with Gasteiger partial charge < -0.3 is 29.3 Å². The Kier molecular flexibility index (Phi) is 50.4. The molecule has 0 amide bonds. The molecule has 0 radical (unpaired) electrons. The van der Waals surface area contributed by atoms with Crippen molar-refractivity contribution in [1.29, 1.82) is 0 Å². The van der Waals surface area contributed by atoms with E-state index in [2.05, 4.69) is 13.8 Å². The molecule has 0 saturated heterocycles. The van der Waals surface area contributed by atoms with Crippen molar-refractivity contribution < 1.29 is 38.9 Å². The van der Waals surface area contributed by atoms with Crippen LogP contribution in [0.3, 0.4) is 0 Å². The SMILES string of the molecule is CCCCCCCCCCCCCCCCCCOC(=O)/C=C/C(=O)[O-].CCCCCCCCCCCCCCCCCCOC(=O)/C=C/C(=O)[O-].[Mg+2]. The molecule has 0 aromatic rings. The normalized spacial score (nSPS) is 10.9. The summed E-state index contributed by atoms with van der Waals surface area (Å²) in [4.78, 5) is 42.5. The second-order valence-corrected chi connectivity index (χ2v) is 14.2. The molecule has 0 aromatic heterocycles. The summed E-state index contributed by atoms with van der Waals surface area (Å²) in [5.74, 6) is -4.00. The van der Waals surface area contributed by atoms with Gasteiger partial charge in [0.2, 0.25) is 0 Å². The standard InChI is InChI=1S/2C22H40O4.Mg/c2*1-2-3-4-5-6-7-8-9-10-11-12-13-14-15-16-17-20-26-22(25)19-18-21(23)24;/h2*18-19H,2-17,20H2,1H3,(H,23,24);/q;;+2/p-2/b2*19-18+;. The van der Waals surface area contributed by atoms with E-state index in [1.54, 1.807) is 0 Å². The Hall–Kier alpha value is -1.87. The number of hydrogen-bond donors (Lipinski definition) is 0. The number of carbonyl (C=O) groups is 4. The van der Waals surface area contributed by atoms with Gasteiger partial charge in [-0.25, -0.2) is 9.59 Å². The summed E-state index contributed by atoms with van der Waals surface area (Å²) in [5, 5.41) is 20.3. The molecule has 0 aliphatic heterocycles. The Morgan fingerprint density at radius 2 is 0.528 bits per heavy atom. The van der Waals surface area contributed by atoms with E-state index in [9.17, 15) is 29.4 Å². The fourth-order valence-corrected chi connectivity index (χ4v) is 6.01. The van der Waals surface area contributed by atoms with E-state index in [4.69, 9.17) is 9.47 Å². The third-order valence-corrected chi connectivity index (χ3v) is 9.20. The first kappa shape index (κ1) is 55.5. The van der Waals surface area contributed by atoms with Crippen molar-refractivity contribution in [3.8, 4) is 0 Å². The average molecular weight is 759 g/mol. The van der Waals surface area contributed by atoms with Gasteiger partial charge in [-0.3, -0.25) is 0 Å². The van der Waals surface area contributed by atoms with Gasteiger partial charge in [0.15, 0.2) is 0 Å².